The summed E-state index contributed by atoms with van der Waals surface area (Å²) in [4.78, 5) is 25.7. The third-order valence-corrected chi connectivity index (χ3v) is 4.40. The van der Waals surface area contributed by atoms with E-state index >= 15 is 0 Å². The maximum atomic E-state index is 12.4. The maximum Gasteiger partial charge on any atom is 0.267 e. The Kier molecular flexibility index (Phi) is 6.73. The van der Waals surface area contributed by atoms with Crippen molar-refractivity contribution < 1.29 is 19.5 Å². The molecule has 0 spiro atoms. The molecular formula is C22H22N2O4. The molecule has 1 heterocycles. The second kappa shape index (κ2) is 9.64. The molecule has 6 heteroatoms. The predicted molar refractivity (Wildman–Crippen MR) is 108 cm³/mol. The van der Waals surface area contributed by atoms with Gasteiger partial charge in [-0.25, -0.2) is 5.48 Å². The first-order chi connectivity index (χ1) is 13.7. The highest BCUT2D eigenvalue weighted by atomic mass is 16.5. The topological polar surface area (TPSA) is 78.9 Å². The van der Waals surface area contributed by atoms with Gasteiger partial charge in [0.2, 0.25) is 0 Å². The van der Waals surface area contributed by atoms with Gasteiger partial charge in [-0.05, 0) is 53.6 Å². The van der Waals surface area contributed by atoms with E-state index in [1.165, 1.54) is 17.6 Å². The summed E-state index contributed by atoms with van der Waals surface area (Å²) in [6.07, 6.45) is 6.08. The molecule has 2 aromatic rings. The average Bonchev–Trinajstić information content (AvgIpc) is 2.76. The summed E-state index contributed by atoms with van der Waals surface area (Å²) in [6, 6.07) is 15.0. The smallest absolute Gasteiger partial charge is 0.267 e. The van der Waals surface area contributed by atoms with E-state index in [1.807, 2.05) is 48.5 Å². The first kappa shape index (κ1) is 19.5. The number of hydroxylamine groups is 1. The van der Waals surface area contributed by atoms with Crippen LogP contribution in [0, 0.1) is 0 Å². The van der Waals surface area contributed by atoms with E-state index in [-0.39, 0.29) is 5.78 Å². The number of benzene rings is 2. The molecule has 2 N–H and O–H groups in total. The van der Waals surface area contributed by atoms with E-state index in [0.717, 1.165) is 43.1 Å². The van der Waals surface area contributed by atoms with Crippen LogP contribution in [0.3, 0.4) is 0 Å². The van der Waals surface area contributed by atoms with Crippen molar-refractivity contribution >= 4 is 29.5 Å². The van der Waals surface area contributed by atoms with Crippen LogP contribution in [-0.2, 0) is 9.53 Å². The fraction of sp³-hybridized carbons (Fsp3) is 0.182. The second-order valence-corrected chi connectivity index (χ2v) is 6.32. The van der Waals surface area contributed by atoms with Crippen molar-refractivity contribution in [2.45, 2.75) is 0 Å². The average molecular weight is 378 g/mol. The number of ketones is 1. The van der Waals surface area contributed by atoms with Gasteiger partial charge in [-0.2, -0.15) is 0 Å². The summed E-state index contributed by atoms with van der Waals surface area (Å²) in [5.41, 5.74) is 4.88. The number of nitrogens with one attached hydrogen (secondary N) is 1. The fourth-order valence-electron chi connectivity index (χ4n) is 2.90. The number of ether oxygens (including phenoxy) is 1. The summed E-state index contributed by atoms with van der Waals surface area (Å²) >= 11 is 0. The minimum Gasteiger partial charge on any atom is -0.378 e. The number of carbonyl (C=O) groups is 2. The molecule has 6 nitrogen and oxygen atoms in total. The molecule has 0 aliphatic carbocycles. The van der Waals surface area contributed by atoms with Crippen molar-refractivity contribution in [3.8, 4) is 0 Å². The lowest BCUT2D eigenvalue weighted by Crippen LogP contribution is -2.36. The van der Waals surface area contributed by atoms with Crippen LogP contribution in [0.1, 0.15) is 21.5 Å². The largest absolute Gasteiger partial charge is 0.378 e. The van der Waals surface area contributed by atoms with Crippen molar-refractivity contribution in [3.05, 3.63) is 77.4 Å². The summed E-state index contributed by atoms with van der Waals surface area (Å²) in [6.45, 7) is 3.17. The van der Waals surface area contributed by atoms with Gasteiger partial charge in [0.1, 0.15) is 0 Å². The van der Waals surface area contributed by atoms with Gasteiger partial charge in [-0.3, -0.25) is 14.8 Å². The van der Waals surface area contributed by atoms with Crippen LogP contribution >= 0.6 is 0 Å². The van der Waals surface area contributed by atoms with Gasteiger partial charge < -0.3 is 9.64 Å². The lowest BCUT2D eigenvalue weighted by molar-refractivity contribution is -0.124. The van der Waals surface area contributed by atoms with E-state index in [1.54, 1.807) is 12.2 Å². The van der Waals surface area contributed by atoms with Gasteiger partial charge in [-0.15, -0.1) is 0 Å². The van der Waals surface area contributed by atoms with Crippen molar-refractivity contribution in [2.24, 2.45) is 0 Å². The Labute approximate surface area is 163 Å². The highest BCUT2D eigenvalue weighted by Crippen LogP contribution is 2.17. The molecule has 1 aliphatic rings. The van der Waals surface area contributed by atoms with Crippen LogP contribution < -0.4 is 10.4 Å². The monoisotopic (exact) mass is 378 g/mol. The molecule has 0 unspecified atom stereocenters. The number of allylic oxidation sites excluding steroid dienone is 1. The van der Waals surface area contributed by atoms with E-state index in [0.29, 0.717) is 5.56 Å². The van der Waals surface area contributed by atoms with E-state index in [4.69, 9.17) is 9.94 Å². The minimum absolute atomic E-state index is 0.0749. The minimum atomic E-state index is -0.600. The van der Waals surface area contributed by atoms with Gasteiger partial charge in [-0.1, -0.05) is 24.3 Å². The van der Waals surface area contributed by atoms with E-state index in [9.17, 15) is 9.59 Å². The normalized spacial score (nSPS) is 14.5. The second-order valence-electron chi connectivity index (χ2n) is 6.32. The molecule has 1 saturated heterocycles. The van der Waals surface area contributed by atoms with Gasteiger partial charge in [0, 0.05) is 30.4 Å². The Balaban J connectivity index is 1.64. The summed E-state index contributed by atoms with van der Waals surface area (Å²) in [5, 5.41) is 8.50. The Hall–Kier alpha value is -3.22. The Morgan fingerprint density at radius 3 is 2.25 bits per heavy atom. The molecule has 2 aromatic carbocycles. The number of amides is 1. The van der Waals surface area contributed by atoms with Gasteiger partial charge >= 0.3 is 0 Å². The zero-order chi connectivity index (χ0) is 19.8. The fourth-order valence-corrected chi connectivity index (χ4v) is 2.90. The van der Waals surface area contributed by atoms with Crippen LogP contribution in [0.15, 0.2) is 60.7 Å². The number of hydrogen-bond donors (Lipinski definition) is 2. The number of hydrogen-bond acceptors (Lipinski definition) is 5. The molecule has 1 amide bonds. The van der Waals surface area contributed by atoms with Gasteiger partial charge in [0.25, 0.3) is 5.91 Å². The molecule has 0 aromatic heterocycles. The molecule has 28 heavy (non-hydrogen) atoms. The molecule has 0 atom stereocenters. The number of carbonyl (C=O) groups excluding carboxylic acids is 2. The highest BCUT2D eigenvalue weighted by molar-refractivity contribution is 6.07. The van der Waals surface area contributed by atoms with Crippen molar-refractivity contribution in [3.63, 3.8) is 0 Å². The van der Waals surface area contributed by atoms with Gasteiger partial charge in [0.15, 0.2) is 5.78 Å². The third kappa shape index (κ3) is 5.39. The summed E-state index contributed by atoms with van der Waals surface area (Å²) in [5.74, 6) is -0.675. The van der Waals surface area contributed by atoms with Crippen LogP contribution in [0.5, 0.6) is 0 Å². The number of anilines is 1. The lowest BCUT2D eigenvalue weighted by atomic mass is 10.1. The molecule has 1 fully saturated rings. The first-order valence-corrected chi connectivity index (χ1v) is 9.03. The highest BCUT2D eigenvalue weighted by Gasteiger charge is 2.11. The number of rotatable bonds is 6. The molecule has 3 rings (SSSR count). The third-order valence-electron chi connectivity index (χ3n) is 4.40. The number of morpholine rings is 1. The van der Waals surface area contributed by atoms with Crippen LogP contribution in [0.2, 0.25) is 0 Å². The predicted octanol–water partition coefficient (Wildman–Crippen LogP) is 2.94. The SMILES string of the molecule is O=C(C=Cc1cccc(C=CC(=O)c2ccc(N3CCOCC3)cc2)c1)NO. The molecular weight excluding hydrogens is 356 g/mol. The van der Waals surface area contributed by atoms with Crippen LogP contribution in [0.25, 0.3) is 12.2 Å². The van der Waals surface area contributed by atoms with Crippen molar-refractivity contribution in [2.75, 3.05) is 31.2 Å². The van der Waals surface area contributed by atoms with Crippen molar-refractivity contribution in [1.29, 1.82) is 0 Å². The first-order valence-electron chi connectivity index (χ1n) is 9.03. The van der Waals surface area contributed by atoms with Gasteiger partial charge in [0.05, 0.1) is 13.2 Å². The molecule has 144 valence electrons. The van der Waals surface area contributed by atoms with Crippen LogP contribution in [-0.4, -0.2) is 43.2 Å². The molecule has 0 radical (unpaired) electrons. The Morgan fingerprint density at radius 1 is 0.964 bits per heavy atom. The quantitative estimate of drug-likeness (QED) is 0.350. The summed E-state index contributed by atoms with van der Waals surface area (Å²) in [7, 11) is 0. The van der Waals surface area contributed by atoms with E-state index in [2.05, 4.69) is 4.90 Å². The zero-order valence-corrected chi connectivity index (χ0v) is 15.4. The number of nitrogens with zero attached hydrogens (tertiary/aromatic N) is 1. The standard InChI is InChI=1S/C22H22N2O4/c25-21(19-6-8-20(9-7-19)24-12-14-28-15-13-24)10-4-17-2-1-3-18(16-17)5-11-22(26)23-27/h1-11,16,27H,12-15H2,(H,23,26). The Morgan fingerprint density at radius 2 is 1.61 bits per heavy atom. The van der Waals surface area contributed by atoms with Crippen molar-refractivity contribution in [1.82, 2.24) is 5.48 Å². The molecule has 0 saturated carbocycles. The lowest BCUT2D eigenvalue weighted by Gasteiger charge is -2.28. The molecule has 0 bridgehead atoms. The van der Waals surface area contributed by atoms with Crippen LogP contribution in [0.4, 0.5) is 5.69 Å². The maximum absolute atomic E-state index is 12.4. The Bertz CT molecular complexity index is 882. The zero-order valence-electron chi connectivity index (χ0n) is 15.4. The molecule has 1 aliphatic heterocycles. The summed E-state index contributed by atoms with van der Waals surface area (Å²) < 4.78 is 5.36. The van der Waals surface area contributed by atoms with E-state index < -0.39 is 5.91 Å².